The highest BCUT2D eigenvalue weighted by molar-refractivity contribution is 7.18. The van der Waals surface area contributed by atoms with Gasteiger partial charge in [0.05, 0.1) is 27.7 Å². The van der Waals surface area contributed by atoms with Crippen LogP contribution in [0.3, 0.4) is 0 Å². The van der Waals surface area contributed by atoms with Gasteiger partial charge in [0.25, 0.3) is 11.8 Å². The highest BCUT2D eigenvalue weighted by atomic mass is 32.1. The summed E-state index contributed by atoms with van der Waals surface area (Å²) >= 11 is 1.01. The van der Waals surface area contributed by atoms with Gasteiger partial charge in [0.15, 0.2) is 5.76 Å². The van der Waals surface area contributed by atoms with Gasteiger partial charge in [0.1, 0.15) is 0 Å². The zero-order chi connectivity index (χ0) is 24.3. The summed E-state index contributed by atoms with van der Waals surface area (Å²) in [6.07, 6.45) is -2.15. The molecule has 0 saturated carbocycles. The lowest BCUT2D eigenvalue weighted by molar-refractivity contribution is -0.137. The molecule has 1 aromatic carbocycles. The van der Waals surface area contributed by atoms with Crippen molar-refractivity contribution in [3.05, 3.63) is 76.6 Å². The maximum absolute atomic E-state index is 13.2. The Hall–Kier alpha value is -3.60. The first-order valence-electron chi connectivity index (χ1n) is 10.4. The zero-order valence-corrected chi connectivity index (χ0v) is 18.5. The van der Waals surface area contributed by atoms with Crippen LogP contribution in [-0.4, -0.2) is 35.7 Å². The SMILES string of the molecule is O=C(Nc1ccc(C(=O)NC(CN2CCCC2=O)c2cccc(C(F)(F)F)c2)s1)c1ccco1. The fourth-order valence-electron chi connectivity index (χ4n) is 3.62. The first kappa shape index (κ1) is 23.6. The van der Waals surface area contributed by atoms with E-state index < -0.39 is 29.6 Å². The van der Waals surface area contributed by atoms with E-state index in [9.17, 15) is 27.6 Å². The van der Waals surface area contributed by atoms with E-state index in [1.54, 1.807) is 12.1 Å². The van der Waals surface area contributed by atoms with E-state index in [4.69, 9.17) is 4.42 Å². The number of alkyl halides is 3. The molecule has 11 heteroatoms. The smallest absolute Gasteiger partial charge is 0.416 e. The van der Waals surface area contributed by atoms with E-state index in [0.717, 1.165) is 23.5 Å². The second-order valence-electron chi connectivity index (χ2n) is 7.69. The molecule has 0 aliphatic carbocycles. The Morgan fingerprint density at radius 3 is 2.62 bits per heavy atom. The van der Waals surface area contributed by atoms with Crippen molar-refractivity contribution >= 4 is 34.1 Å². The minimum atomic E-state index is -4.54. The fourth-order valence-corrected chi connectivity index (χ4v) is 4.43. The van der Waals surface area contributed by atoms with Gasteiger partial charge in [0.2, 0.25) is 5.91 Å². The standard InChI is InChI=1S/C23H20F3N3O4S/c24-23(25,26)15-5-1-4-14(12-15)16(13-29-10-2-7-20(29)30)27-22(32)18-8-9-19(34-18)28-21(31)17-6-3-11-33-17/h1,3-6,8-9,11-12,16H,2,7,10,13H2,(H,27,32)(H,28,31). The van der Waals surface area contributed by atoms with Crippen molar-refractivity contribution in [2.45, 2.75) is 25.1 Å². The van der Waals surface area contributed by atoms with Crippen LogP contribution in [0.15, 0.2) is 59.2 Å². The molecule has 0 bridgehead atoms. The molecule has 34 heavy (non-hydrogen) atoms. The lowest BCUT2D eigenvalue weighted by Crippen LogP contribution is -2.38. The predicted molar refractivity (Wildman–Crippen MR) is 118 cm³/mol. The second kappa shape index (κ2) is 9.72. The van der Waals surface area contributed by atoms with E-state index in [2.05, 4.69) is 10.6 Å². The monoisotopic (exact) mass is 491 g/mol. The summed E-state index contributed by atoms with van der Waals surface area (Å²) in [5.74, 6) is -1.00. The van der Waals surface area contributed by atoms with Crippen LogP contribution < -0.4 is 10.6 Å². The van der Waals surface area contributed by atoms with Gasteiger partial charge >= 0.3 is 6.18 Å². The van der Waals surface area contributed by atoms with Crippen LogP contribution in [0.5, 0.6) is 0 Å². The van der Waals surface area contributed by atoms with Crippen molar-refractivity contribution in [1.82, 2.24) is 10.2 Å². The molecular weight excluding hydrogens is 471 g/mol. The van der Waals surface area contributed by atoms with Crippen LogP contribution >= 0.6 is 11.3 Å². The van der Waals surface area contributed by atoms with Crippen LogP contribution in [0.2, 0.25) is 0 Å². The molecule has 1 fully saturated rings. The number of likely N-dealkylation sites (tertiary alicyclic amines) is 1. The maximum Gasteiger partial charge on any atom is 0.416 e. The first-order valence-corrected chi connectivity index (χ1v) is 11.2. The van der Waals surface area contributed by atoms with E-state index >= 15 is 0 Å². The largest absolute Gasteiger partial charge is 0.459 e. The Morgan fingerprint density at radius 1 is 1.12 bits per heavy atom. The number of halogens is 3. The molecule has 4 rings (SSSR count). The second-order valence-corrected chi connectivity index (χ2v) is 8.77. The van der Waals surface area contributed by atoms with Crippen molar-refractivity contribution in [3.63, 3.8) is 0 Å². The molecule has 3 amide bonds. The van der Waals surface area contributed by atoms with Gasteiger partial charge in [-0.1, -0.05) is 12.1 Å². The molecule has 7 nitrogen and oxygen atoms in total. The summed E-state index contributed by atoms with van der Waals surface area (Å²) in [7, 11) is 0. The molecule has 0 spiro atoms. The Bertz CT molecular complexity index is 1190. The molecule has 0 radical (unpaired) electrons. The van der Waals surface area contributed by atoms with Crippen molar-refractivity contribution in [1.29, 1.82) is 0 Å². The number of carbonyl (C=O) groups is 3. The number of carbonyl (C=O) groups excluding carboxylic acids is 3. The van der Waals surface area contributed by atoms with Crippen LogP contribution in [-0.2, 0) is 11.0 Å². The maximum atomic E-state index is 13.2. The van der Waals surface area contributed by atoms with E-state index in [1.165, 1.54) is 35.4 Å². The highest BCUT2D eigenvalue weighted by Crippen LogP contribution is 2.31. The molecule has 1 unspecified atom stereocenters. The molecule has 2 aromatic heterocycles. The third kappa shape index (κ3) is 5.48. The Morgan fingerprint density at radius 2 is 1.94 bits per heavy atom. The lowest BCUT2D eigenvalue weighted by atomic mass is 10.0. The molecule has 1 atom stereocenters. The number of hydrogen-bond donors (Lipinski definition) is 2. The van der Waals surface area contributed by atoms with Gasteiger partial charge in [-0.25, -0.2) is 0 Å². The number of furan rings is 1. The number of nitrogens with zero attached hydrogens (tertiary/aromatic N) is 1. The zero-order valence-electron chi connectivity index (χ0n) is 17.7. The summed E-state index contributed by atoms with van der Waals surface area (Å²) in [4.78, 5) is 39.0. The molecule has 1 saturated heterocycles. The van der Waals surface area contributed by atoms with E-state index in [-0.39, 0.29) is 28.7 Å². The minimum absolute atomic E-state index is 0.0549. The Labute approximate surface area is 196 Å². The van der Waals surface area contributed by atoms with Crippen LogP contribution in [0.4, 0.5) is 18.2 Å². The molecule has 3 aromatic rings. The average Bonchev–Trinajstić information content (AvgIpc) is 3.56. The number of nitrogens with one attached hydrogen (secondary N) is 2. The molecule has 3 heterocycles. The highest BCUT2D eigenvalue weighted by Gasteiger charge is 2.32. The summed E-state index contributed by atoms with van der Waals surface area (Å²) in [5, 5.41) is 5.77. The number of hydrogen-bond acceptors (Lipinski definition) is 5. The van der Waals surface area contributed by atoms with E-state index in [0.29, 0.717) is 24.4 Å². The van der Waals surface area contributed by atoms with Crippen LogP contribution in [0, 0.1) is 0 Å². The third-order valence-electron chi connectivity index (χ3n) is 5.31. The number of rotatable bonds is 7. The van der Waals surface area contributed by atoms with Gasteiger partial charge in [-0.15, -0.1) is 11.3 Å². The third-order valence-corrected chi connectivity index (χ3v) is 6.31. The van der Waals surface area contributed by atoms with Gasteiger partial charge in [-0.3, -0.25) is 14.4 Å². The Balaban J connectivity index is 1.52. The quantitative estimate of drug-likeness (QED) is 0.501. The average molecular weight is 491 g/mol. The summed E-state index contributed by atoms with van der Waals surface area (Å²) in [6, 6.07) is 9.97. The molecule has 1 aliphatic heterocycles. The van der Waals surface area contributed by atoms with Crippen molar-refractivity contribution in [2.75, 3.05) is 18.4 Å². The normalized spacial score (nSPS) is 14.8. The minimum Gasteiger partial charge on any atom is -0.459 e. The van der Waals surface area contributed by atoms with Crippen LogP contribution in [0.25, 0.3) is 0 Å². The van der Waals surface area contributed by atoms with E-state index in [1.807, 2.05) is 0 Å². The topological polar surface area (TPSA) is 91.7 Å². The fraction of sp³-hybridized carbons (Fsp3) is 0.261. The van der Waals surface area contributed by atoms with Crippen LogP contribution in [0.1, 0.15) is 50.2 Å². The molecule has 2 N–H and O–H groups in total. The number of anilines is 1. The van der Waals surface area contributed by atoms with Crippen molar-refractivity contribution in [2.24, 2.45) is 0 Å². The predicted octanol–water partition coefficient (Wildman–Crippen LogP) is 4.71. The first-order chi connectivity index (χ1) is 16.2. The summed E-state index contributed by atoms with van der Waals surface area (Å²) in [5.41, 5.74) is -0.596. The van der Waals surface area contributed by atoms with Crippen molar-refractivity contribution < 1.29 is 32.0 Å². The number of benzene rings is 1. The van der Waals surface area contributed by atoms with Gasteiger partial charge in [0, 0.05) is 19.5 Å². The number of thiophene rings is 1. The van der Waals surface area contributed by atoms with Crippen molar-refractivity contribution in [3.8, 4) is 0 Å². The summed E-state index contributed by atoms with van der Waals surface area (Å²) < 4.78 is 44.8. The van der Waals surface area contributed by atoms with Gasteiger partial charge < -0.3 is 20.0 Å². The molecular formula is C23H20F3N3O4S. The Kier molecular flexibility index (Phi) is 6.73. The van der Waals surface area contributed by atoms with Gasteiger partial charge in [-0.05, 0) is 48.4 Å². The number of amides is 3. The molecule has 1 aliphatic rings. The van der Waals surface area contributed by atoms with Gasteiger partial charge in [-0.2, -0.15) is 13.2 Å². The molecule has 178 valence electrons. The summed E-state index contributed by atoms with van der Waals surface area (Å²) in [6.45, 7) is 0.533. The lowest BCUT2D eigenvalue weighted by Gasteiger charge is -2.25.